The minimum atomic E-state index is -0.0512. The molecule has 2 heteroatoms. The van der Waals surface area contributed by atoms with Crippen LogP contribution in [0.2, 0.25) is 0 Å². The maximum absolute atomic E-state index is 9.95. The number of hydrogen-bond donors (Lipinski definition) is 2. The summed E-state index contributed by atoms with van der Waals surface area (Å²) in [6, 6.07) is 0. The van der Waals surface area contributed by atoms with Gasteiger partial charge in [0.15, 0.2) is 0 Å². The van der Waals surface area contributed by atoms with Gasteiger partial charge in [-0.25, -0.2) is 0 Å². The van der Waals surface area contributed by atoms with E-state index in [4.69, 9.17) is 5.11 Å². The largest absolute Gasteiger partial charge is 0.396 e. The van der Waals surface area contributed by atoms with Gasteiger partial charge in [-0.3, -0.25) is 0 Å². The Morgan fingerprint density at radius 3 is 1.32 bits per heavy atom. The Balaban J connectivity index is 3.10. The SMILES string of the molecule is CCCCCCCCC(O)CCCCCCCCCCCO. The van der Waals surface area contributed by atoms with E-state index in [1.165, 1.54) is 89.9 Å². The van der Waals surface area contributed by atoms with E-state index in [0.29, 0.717) is 6.61 Å². The van der Waals surface area contributed by atoms with Gasteiger partial charge in [0.2, 0.25) is 0 Å². The molecule has 1 atom stereocenters. The van der Waals surface area contributed by atoms with Crippen LogP contribution in [0.4, 0.5) is 0 Å². The van der Waals surface area contributed by atoms with Crippen molar-refractivity contribution in [1.82, 2.24) is 0 Å². The molecule has 0 spiro atoms. The molecule has 22 heavy (non-hydrogen) atoms. The maximum atomic E-state index is 9.95. The van der Waals surface area contributed by atoms with Crippen LogP contribution in [0.3, 0.4) is 0 Å². The first-order chi connectivity index (χ1) is 10.8. The quantitative estimate of drug-likeness (QED) is 0.305. The Labute approximate surface area is 139 Å². The lowest BCUT2D eigenvalue weighted by Gasteiger charge is -2.10. The van der Waals surface area contributed by atoms with E-state index in [1.54, 1.807) is 0 Å². The number of hydrogen-bond acceptors (Lipinski definition) is 2. The first-order valence-corrected chi connectivity index (χ1v) is 10.1. The summed E-state index contributed by atoms with van der Waals surface area (Å²) in [6.45, 7) is 2.60. The molecule has 0 amide bonds. The first kappa shape index (κ1) is 21.9. The minimum absolute atomic E-state index is 0.0512. The highest BCUT2D eigenvalue weighted by Crippen LogP contribution is 2.14. The van der Waals surface area contributed by atoms with Gasteiger partial charge >= 0.3 is 0 Å². The van der Waals surface area contributed by atoms with Crippen LogP contribution >= 0.6 is 0 Å². The van der Waals surface area contributed by atoms with Crippen LogP contribution in [0.15, 0.2) is 0 Å². The predicted octanol–water partition coefficient (Wildman–Crippen LogP) is 5.99. The highest BCUT2D eigenvalue weighted by Gasteiger charge is 2.03. The summed E-state index contributed by atoms with van der Waals surface area (Å²) in [4.78, 5) is 0. The fourth-order valence-corrected chi connectivity index (χ4v) is 3.03. The van der Waals surface area contributed by atoms with E-state index in [0.717, 1.165) is 19.3 Å². The Hall–Kier alpha value is -0.0800. The lowest BCUT2D eigenvalue weighted by atomic mass is 10.0. The van der Waals surface area contributed by atoms with Crippen LogP contribution in [0.25, 0.3) is 0 Å². The molecule has 0 aliphatic heterocycles. The molecule has 0 saturated carbocycles. The van der Waals surface area contributed by atoms with E-state index in [9.17, 15) is 5.11 Å². The second-order valence-corrected chi connectivity index (χ2v) is 6.90. The molecule has 0 radical (unpaired) electrons. The average molecular weight is 315 g/mol. The van der Waals surface area contributed by atoms with Crippen molar-refractivity contribution in [3.63, 3.8) is 0 Å². The number of aliphatic hydroxyl groups is 2. The monoisotopic (exact) mass is 314 g/mol. The molecule has 2 N–H and O–H groups in total. The summed E-state index contributed by atoms with van der Waals surface area (Å²) in [6.07, 6.45) is 21.1. The van der Waals surface area contributed by atoms with Crippen LogP contribution in [-0.2, 0) is 0 Å². The van der Waals surface area contributed by atoms with Gasteiger partial charge in [0.25, 0.3) is 0 Å². The van der Waals surface area contributed by atoms with Crippen molar-refractivity contribution >= 4 is 0 Å². The van der Waals surface area contributed by atoms with Crippen molar-refractivity contribution in [1.29, 1.82) is 0 Å². The zero-order chi connectivity index (χ0) is 16.3. The number of rotatable bonds is 18. The third kappa shape index (κ3) is 18.0. The van der Waals surface area contributed by atoms with Gasteiger partial charge in [-0.15, -0.1) is 0 Å². The van der Waals surface area contributed by atoms with Crippen LogP contribution in [0.1, 0.15) is 116 Å². The second-order valence-electron chi connectivity index (χ2n) is 6.90. The molecule has 0 aromatic rings. The van der Waals surface area contributed by atoms with Crippen molar-refractivity contribution < 1.29 is 10.2 Å². The van der Waals surface area contributed by atoms with Gasteiger partial charge in [0, 0.05) is 6.61 Å². The Morgan fingerprint density at radius 2 is 0.909 bits per heavy atom. The molecule has 0 aromatic heterocycles. The van der Waals surface area contributed by atoms with Gasteiger partial charge < -0.3 is 10.2 Å². The molecule has 0 aliphatic rings. The summed E-state index contributed by atoms with van der Waals surface area (Å²) in [5.41, 5.74) is 0. The first-order valence-electron chi connectivity index (χ1n) is 10.1. The van der Waals surface area contributed by atoms with Gasteiger partial charge in [0.1, 0.15) is 0 Å². The molecule has 134 valence electrons. The lowest BCUT2D eigenvalue weighted by molar-refractivity contribution is 0.147. The molecule has 0 fully saturated rings. The summed E-state index contributed by atoms with van der Waals surface area (Å²) in [7, 11) is 0. The predicted molar refractivity (Wildman–Crippen MR) is 97.3 cm³/mol. The Bertz CT molecular complexity index is 194. The molecule has 0 rings (SSSR count). The third-order valence-corrected chi connectivity index (χ3v) is 4.59. The van der Waals surface area contributed by atoms with E-state index in [2.05, 4.69) is 6.92 Å². The van der Waals surface area contributed by atoms with Crippen molar-refractivity contribution in [3.05, 3.63) is 0 Å². The standard InChI is InChI=1S/C20H42O2/c1-2-3-4-5-11-14-17-20(22)18-15-12-9-7-6-8-10-13-16-19-21/h20-22H,2-19H2,1H3. The zero-order valence-corrected chi connectivity index (χ0v) is 15.2. The molecule has 0 bridgehead atoms. The van der Waals surface area contributed by atoms with Crippen molar-refractivity contribution in [3.8, 4) is 0 Å². The fraction of sp³-hybridized carbons (Fsp3) is 1.00. The maximum Gasteiger partial charge on any atom is 0.0540 e. The number of unbranched alkanes of at least 4 members (excludes halogenated alkanes) is 13. The van der Waals surface area contributed by atoms with E-state index < -0.39 is 0 Å². The van der Waals surface area contributed by atoms with Crippen molar-refractivity contribution in [2.75, 3.05) is 6.61 Å². The number of aliphatic hydroxyl groups excluding tert-OH is 2. The second kappa shape index (κ2) is 19.0. The van der Waals surface area contributed by atoms with E-state index in [-0.39, 0.29) is 6.10 Å². The summed E-state index contributed by atoms with van der Waals surface area (Å²) in [5, 5.41) is 18.6. The molecule has 2 nitrogen and oxygen atoms in total. The van der Waals surface area contributed by atoms with Crippen LogP contribution < -0.4 is 0 Å². The smallest absolute Gasteiger partial charge is 0.0540 e. The molecular weight excluding hydrogens is 272 g/mol. The molecule has 0 heterocycles. The van der Waals surface area contributed by atoms with Gasteiger partial charge in [-0.2, -0.15) is 0 Å². The zero-order valence-electron chi connectivity index (χ0n) is 15.2. The minimum Gasteiger partial charge on any atom is -0.396 e. The summed E-state index contributed by atoms with van der Waals surface area (Å²) in [5.74, 6) is 0. The lowest BCUT2D eigenvalue weighted by Crippen LogP contribution is -2.05. The van der Waals surface area contributed by atoms with Crippen molar-refractivity contribution in [2.24, 2.45) is 0 Å². The Kier molecular flexibility index (Phi) is 18.9. The van der Waals surface area contributed by atoms with Crippen molar-refractivity contribution in [2.45, 2.75) is 122 Å². The van der Waals surface area contributed by atoms with Gasteiger partial charge in [-0.1, -0.05) is 96.8 Å². The normalized spacial score (nSPS) is 12.7. The fourth-order valence-electron chi connectivity index (χ4n) is 3.03. The molecule has 0 aliphatic carbocycles. The van der Waals surface area contributed by atoms with Gasteiger partial charge in [-0.05, 0) is 19.3 Å². The molecule has 1 unspecified atom stereocenters. The molecule has 0 aromatic carbocycles. The average Bonchev–Trinajstić information content (AvgIpc) is 2.52. The van der Waals surface area contributed by atoms with Gasteiger partial charge in [0.05, 0.1) is 6.10 Å². The highest BCUT2D eigenvalue weighted by molar-refractivity contribution is 4.57. The van der Waals surface area contributed by atoms with E-state index >= 15 is 0 Å². The van der Waals surface area contributed by atoms with Crippen LogP contribution in [-0.4, -0.2) is 22.9 Å². The Morgan fingerprint density at radius 1 is 0.545 bits per heavy atom. The molecular formula is C20H42O2. The highest BCUT2D eigenvalue weighted by atomic mass is 16.3. The van der Waals surface area contributed by atoms with E-state index in [1.807, 2.05) is 0 Å². The summed E-state index contributed by atoms with van der Waals surface area (Å²) < 4.78 is 0. The molecule has 0 saturated heterocycles. The summed E-state index contributed by atoms with van der Waals surface area (Å²) >= 11 is 0. The van der Waals surface area contributed by atoms with Crippen LogP contribution in [0.5, 0.6) is 0 Å². The van der Waals surface area contributed by atoms with Crippen LogP contribution in [0, 0.1) is 0 Å². The topological polar surface area (TPSA) is 40.5 Å². The third-order valence-electron chi connectivity index (χ3n) is 4.59.